The van der Waals surface area contributed by atoms with Crippen molar-refractivity contribution in [1.29, 1.82) is 0 Å². The van der Waals surface area contributed by atoms with Gasteiger partial charge in [-0.25, -0.2) is 0 Å². The molecule has 0 spiro atoms. The summed E-state index contributed by atoms with van der Waals surface area (Å²) in [4.78, 5) is 0. The standard InChI is InChI=1S/C10H17N/c1-3-4-5-6-11-10-7-9(2)8-10/h1,9-11H,4-8H2,2H3. The first kappa shape index (κ1) is 8.62. The highest BCUT2D eigenvalue weighted by Crippen LogP contribution is 2.25. The van der Waals surface area contributed by atoms with Crippen molar-refractivity contribution < 1.29 is 0 Å². The molecule has 0 radical (unpaired) electrons. The molecule has 1 heteroatoms. The maximum absolute atomic E-state index is 5.14. The van der Waals surface area contributed by atoms with Crippen molar-refractivity contribution >= 4 is 0 Å². The number of nitrogens with one attached hydrogen (secondary N) is 1. The Morgan fingerprint density at radius 3 is 2.82 bits per heavy atom. The molecule has 1 N–H and O–H groups in total. The van der Waals surface area contributed by atoms with E-state index in [1.165, 1.54) is 12.8 Å². The summed E-state index contributed by atoms with van der Waals surface area (Å²) in [5.41, 5.74) is 0. The summed E-state index contributed by atoms with van der Waals surface area (Å²) in [6, 6.07) is 0.794. The van der Waals surface area contributed by atoms with Gasteiger partial charge in [0.25, 0.3) is 0 Å². The van der Waals surface area contributed by atoms with Gasteiger partial charge in [-0.3, -0.25) is 0 Å². The quantitative estimate of drug-likeness (QED) is 0.477. The van der Waals surface area contributed by atoms with Crippen molar-refractivity contribution in [3.05, 3.63) is 0 Å². The van der Waals surface area contributed by atoms with E-state index in [9.17, 15) is 0 Å². The minimum absolute atomic E-state index is 0.794. The number of unbranched alkanes of at least 4 members (excludes halogenated alkanes) is 1. The van der Waals surface area contributed by atoms with Crippen LogP contribution >= 0.6 is 0 Å². The minimum atomic E-state index is 0.794. The molecule has 1 nitrogen and oxygen atoms in total. The van der Waals surface area contributed by atoms with Gasteiger partial charge in [0, 0.05) is 12.5 Å². The fraction of sp³-hybridized carbons (Fsp3) is 0.800. The van der Waals surface area contributed by atoms with E-state index < -0.39 is 0 Å². The van der Waals surface area contributed by atoms with E-state index >= 15 is 0 Å². The van der Waals surface area contributed by atoms with Crippen LogP contribution in [-0.2, 0) is 0 Å². The van der Waals surface area contributed by atoms with E-state index in [1.807, 2.05) is 0 Å². The van der Waals surface area contributed by atoms with Gasteiger partial charge in [0.2, 0.25) is 0 Å². The molecule has 1 aliphatic rings. The van der Waals surface area contributed by atoms with Gasteiger partial charge in [-0.05, 0) is 31.7 Å². The molecule has 1 aliphatic carbocycles. The summed E-state index contributed by atoms with van der Waals surface area (Å²) >= 11 is 0. The van der Waals surface area contributed by atoms with Crippen LogP contribution in [0.15, 0.2) is 0 Å². The molecule has 0 amide bonds. The third kappa shape index (κ3) is 2.95. The van der Waals surface area contributed by atoms with Gasteiger partial charge in [0.05, 0.1) is 0 Å². The van der Waals surface area contributed by atoms with E-state index in [1.54, 1.807) is 0 Å². The lowest BCUT2D eigenvalue weighted by atomic mass is 9.82. The number of rotatable bonds is 4. The Hall–Kier alpha value is -0.480. The van der Waals surface area contributed by atoms with Gasteiger partial charge in [0.1, 0.15) is 0 Å². The minimum Gasteiger partial charge on any atom is -0.314 e. The summed E-state index contributed by atoms with van der Waals surface area (Å²) in [5, 5.41) is 3.49. The zero-order chi connectivity index (χ0) is 8.10. The van der Waals surface area contributed by atoms with Gasteiger partial charge >= 0.3 is 0 Å². The van der Waals surface area contributed by atoms with Crippen LogP contribution in [0.5, 0.6) is 0 Å². The van der Waals surface area contributed by atoms with Crippen molar-refractivity contribution in [3.63, 3.8) is 0 Å². The average molecular weight is 151 g/mol. The van der Waals surface area contributed by atoms with Crippen LogP contribution in [0, 0.1) is 18.3 Å². The molecule has 1 rings (SSSR count). The molecular formula is C10H17N. The summed E-state index contributed by atoms with van der Waals surface area (Å²) in [7, 11) is 0. The number of terminal acetylenes is 1. The average Bonchev–Trinajstić information content (AvgIpc) is 1.94. The first-order valence-corrected chi connectivity index (χ1v) is 4.49. The van der Waals surface area contributed by atoms with Crippen molar-refractivity contribution in [3.8, 4) is 12.3 Å². The third-order valence-corrected chi connectivity index (χ3v) is 2.30. The number of hydrogen-bond acceptors (Lipinski definition) is 1. The van der Waals surface area contributed by atoms with Crippen LogP contribution in [0.4, 0.5) is 0 Å². The van der Waals surface area contributed by atoms with Crippen LogP contribution in [0.25, 0.3) is 0 Å². The smallest absolute Gasteiger partial charge is 0.00981 e. The lowest BCUT2D eigenvalue weighted by Crippen LogP contribution is -2.40. The maximum Gasteiger partial charge on any atom is 0.00981 e. The molecule has 0 aliphatic heterocycles. The molecule has 0 aromatic carbocycles. The van der Waals surface area contributed by atoms with Gasteiger partial charge in [-0.2, -0.15) is 0 Å². The third-order valence-electron chi connectivity index (χ3n) is 2.30. The maximum atomic E-state index is 5.14. The van der Waals surface area contributed by atoms with E-state index in [2.05, 4.69) is 18.2 Å². The van der Waals surface area contributed by atoms with Crippen molar-refractivity contribution in [2.24, 2.45) is 5.92 Å². The Labute approximate surface area is 69.6 Å². The van der Waals surface area contributed by atoms with Crippen LogP contribution in [-0.4, -0.2) is 12.6 Å². The molecule has 11 heavy (non-hydrogen) atoms. The predicted octanol–water partition coefficient (Wildman–Crippen LogP) is 1.79. The molecule has 0 heterocycles. The van der Waals surface area contributed by atoms with Crippen molar-refractivity contribution in [2.75, 3.05) is 6.54 Å². The zero-order valence-electron chi connectivity index (χ0n) is 7.27. The van der Waals surface area contributed by atoms with Crippen LogP contribution < -0.4 is 5.32 Å². The second-order valence-electron chi connectivity index (χ2n) is 3.54. The van der Waals surface area contributed by atoms with Crippen LogP contribution in [0.3, 0.4) is 0 Å². The highest BCUT2D eigenvalue weighted by Gasteiger charge is 2.23. The first-order chi connectivity index (χ1) is 5.33. The van der Waals surface area contributed by atoms with Gasteiger partial charge < -0.3 is 5.32 Å². The van der Waals surface area contributed by atoms with Gasteiger partial charge in [-0.1, -0.05) is 6.92 Å². The molecule has 0 aromatic rings. The van der Waals surface area contributed by atoms with Crippen LogP contribution in [0.1, 0.15) is 32.6 Å². The lowest BCUT2D eigenvalue weighted by Gasteiger charge is -2.33. The highest BCUT2D eigenvalue weighted by molar-refractivity contribution is 4.85. The fourth-order valence-corrected chi connectivity index (χ4v) is 1.57. The summed E-state index contributed by atoms with van der Waals surface area (Å²) in [5.74, 6) is 3.59. The Bertz CT molecular complexity index is 139. The summed E-state index contributed by atoms with van der Waals surface area (Å²) in [6.45, 7) is 3.40. The fourth-order valence-electron chi connectivity index (χ4n) is 1.57. The Kier molecular flexibility index (Phi) is 3.45. The van der Waals surface area contributed by atoms with Crippen LogP contribution in [0.2, 0.25) is 0 Å². The molecule has 62 valence electrons. The van der Waals surface area contributed by atoms with E-state index in [-0.39, 0.29) is 0 Å². The monoisotopic (exact) mass is 151 g/mol. The topological polar surface area (TPSA) is 12.0 Å². The Balaban J connectivity index is 1.86. The summed E-state index contributed by atoms with van der Waals surface area (Å²) in [6.07, 6.45) is 9.89. The zero-order valence-corrected chi connectivity index (χ0v) is 7.27. The number of hydrogen-bond donors (Lipinski definition) is 1. The largest absolute Gasteiger partial charge is 0.314 e. The van der Waals surface area contributed by atoms with Gasteiger partial charge in [0.15, 0.2) is 0 Å². The SMILES string of the molecule is C#CCCCNC1CC(C)C1. The molecule has 0 aromatic heterocycles. The second kappa shape index (κ2) is 4.41. The molecule has 1 fully saturated rings. The van der Waals surface area contributed by atoms with Gasteiger partial charge in [-0.15, -0.1) is 12.3 Å². The molecular weight excluding hydrogens is 134 g/mol. The Morgan fingerprint density at radius 1 is 1.55 bits per heavy atom. The van der Waals surface area contributed by atoms with E-state index in [0.717, 1.165) is 31.3 Å². The van der Waals surface area contributed by atoms with Crippen molar-refractivity contribution in [2.45, 2.75) is 38.6 Å². The van der Waals surface area contributed by atoms with E-state index in [4.69, 9.17) is 6.42 Å². The first-order valence-electron chi connectivity index (χ1n) is 4.49. The summed E-state index contributed by atoms with van der Waals surface area (Å²) < 4.78 is 0. The lowest BCUT2D eigenvalue weighted by molar-refractivity contribution is 0.242. The predicted molar refractivity (Wildman–Crippen MR) is 48.3 cm³/mol. The molecule has 0 bridgehead atoms. The molecule has 0 saturated heterocycles. The highest BCUT2D eigenvalue weighted by atomic mass is 14.9. The van der Waals surface area contributed by atoms with Crippen molar-refractivity contribution in [1.82, 2.24) is 5.32 Å². The molecule has 0 atom stereocenters. The second-order valence-corrected chi connectivity index (χ2v) is 3.54. The normalized spacial score (nSPS) is 29.1. The molecule has 1 saturated carbocycles. The van der Waals surface area contributed by atoms with E-state index in [0.29, 0.717) is 0 Å². The molecule has 0 unspecified atom stereocenters. The Morgan fingerprint density at radius 2 is 2.27 bits per heavy atom.